The summed E-state index contributed by atoms with van der Waals surface area (Å²) in [5, 5.41) is 0. The minimum absolute atomic E-state index is 0.181. The standard InChI is InChI=1S/C14H26O2/c1-3-4-5-6-7-8-9-10-11-12-13-16-14(2)15/h9-10H,3-8,11-13H2,1-2H3/b10-9-. The number of ether oxygens (including phenoxy) is 1. The van der Waals surface area contributed by atoms with Gasteiger partial charge < -0.3 is 4.74 Å². The Bertz CT molecular complexity index is 185. The van der Waals surface area contributed by atoms with Crippen molar-refractivity contribution in [2.24, 2.45) is 0 Å². The molecule has 0 unspecified atom stereocenters. The fraction of sp³-hybridized carbons (Fsp3) is 0.786. The maximum atomic E-state index is 10.5. The van der Waals surface area contributed by atoms with E-state index in [1.807, 2.05) is 0 Å². The van der Waals surface area contributed by atoms with Crippen LogP contribution in [-0.4, -0.2) is 12.6 Å². The molecule has 0 saturated carbocycles. The van der Waals surface area contributed by atoms with E-state index in [0.29, 0.717) is 6.61 Å². The Morgan fingerprint density at radius 3 is 2.25 bits per heavy atom. The Morgan fingerprint density at radius 2 is 1.62 bits per heavy atom. The highest BCUT2D eigenvalue weighted by molar-refractivity contribution is 5.65. The highest BCUT2D eigenvalue weighted by Gasteiger charge is 1.90. The number of carbonyl (C=O) groups excluding carboxylic acids is 1. The molecule has 0 N–H and O–H groups in total. The molecule has 0 aromatic heterocycles. The first-order valence-corrected chi connectivity index (χ1v) is 6.55. The maximum Gasteiger partial charge on any atom is 0.302 e. The van der Waals surface area contributed by atoms with Gasteiger partial charge in [0, 0.05) is 6.92 Å². The van der Waals surface area contributed by atoms with Crippen molar-refractivity contribution in [3.05, 3.63) is 12.2 Å². The van der Waals surface area contributed by atoms with E-state index in [2.05, 4.69) is 19.1 Å². The summed E-state index contributed by atoms with van der Waals surface area (Å²) in [5.41, 5.74) is 0. The smallest absolute Gasteiger partial charge is 0.302 e. The van der Waals surface area contributed by atoms with E-state index in [9.17, 15) is 4.79 Å². The Hall–Kier alpha value is -0.790. The van der Waals surface area contributed by atoms with Crippen molar-refractivity contribution in [2.45, 2.75) is 65.2 Å². The predicted molar refractivity (Wildman–Crippen MR) is 68.4 cm³/mol. The molecule has 0 aromatic carbocycles. The number of rotatable bonds is 10. The van der Waals surface area contributed by atoms with E-state index in [1.165, 1.54) is 45.4 Å². The average molecular weight is 226 g/mol. The number of hydrogen-bond acceptors (Lipinski definition) is 2. The molecule has 0 rings (SSSR count). The number of allylic oxidation sites excluding steroid dienone is 2. The number of hydrogen-bond donors (Lipinski definition) is 0. The molecule has 0 spiro atoms. The lowest BCUT2D eigenvalue weighted by Crippen LogP contribution is -1.99. The van der Waals surface area contributed by atoms with Gasteiger partial charge in [0.1, 0.15) is 0 Å². The Labute approximate surface area is 100 Å². The quantitative estimate of drug-likeness (QED) is 0.316. The van der Waals surface area contributed by atoms with Crippen molar-refractivity contribution in [2.75, 3.05) is 6.61 Å². The van der Waals surface area contributed by atoms with E-state index < -0.39 is 0 Å². The molecule has 0 fully saturated rings. The highest BCUT2D eigenvalue weighted by atomic mass is 16.5. The average Bonchev–Trinajstić information content (AvgIpc) is 2.25. The molecular weight excluding hydrogens is 200 g/mol. The van der Waals surface area contributed by atoms with Crippen LogP contribution < -0.4 is 0 Å². The van der Waals surface area contributed by atoms with Crippen molar-refractivity contribution in [1.29, 1.82) is 0 Å². The summed E-state index contributed by atoms with van der Waals surface area (Å²) in [6, 6.07) is 0. The van der Waals surface area contributed by atoms with Crippen LogP contribution in [0.4, 0.5) is 0 Å². The second-order valence-corrected chi connectivity index (χ2v) is 4.16. The molecule has 0 aromatic rings. The summed E-state index contributed by atoms with van der Waals surface area (Å²) in [4.78, 5) is 10.5. The predicted octanol–water partition coefficient (Wildman–Crippen LogP) is 4.25. The van der Waals surface area contributed by atoms with Gasteiger partial charge in [-0.05, 0) is 25.7 Å². The second-order valence-electron chi connectivity index (χ2n) is 4.16. The third-order valence-corrected chi connectivity index (χ3v) is 2.46. The Balaban J connectivity index is 3.07. The van der Waals surface area contributed by atoms with E-state index in [0.717, 1.165) is 12.8 Å². The first kappa shape index (κ1) is 15.2. The lowest BCUT2D eigenvalue weighted by Gasteiger charge is -1.98. The van der Waals surface area contributed by atoms with E-state index in [1.54, 1.807) is 0 Å². The van der Waals surface area contributed by atoms with Gasteiger partial charge in [0.05, 0.1) is 6.61 Å². The molecule has 0 aliphatic carbocycles. The minimum atomic E-state index is -0.181. The first-order chi connectivity index (χ1) is 7.77. The summed E-state index contributed by atoms with van der Waals surface area (Å²) in [7, 11) is 0. The van der Waals surface area contributed by atoms with Gasteiger partial charge in [-0.3, -0.25) is 4.79 Å². The van der Waals surface area contributed by atoms with Crippen molar-refractivity contribution in [3.8, 4) is 0 Å². The lowest BCUT2D eigenvalue weighted by molar-refractivity contribution is -0.141. The summed E-state index contributed by atoms with van der Waals surface area (Å²) in [6.07, 6.45) is 14.3. The van der Waals surface area contributed by atoms with E-state index in [-0.39, 0.29) is 5.97 Å². The van der Waals surface area contributed by atoms with E-state index >= 15 is 0 Å². The van der Waals surface area contributed by atoms with E-state index in [4.69, 9.17) is 4.74 Å². The Morgan fingerprint density at radius 1 is 1.00 bits per heavy atom. The molecule has 0 aliphatic heterocycles. The van der Waals surface area contributed by atoms with Gasteiger partial charge in [-0.2, -0.15) is 0 Å². The number of carbonyl (C=O) groups is 1. The van der Waals surface area contributed by atoms with Crippen LogP contribution in [0, 0.1) is 0 Å². The molecule has 2 heteroatoms. The van der Waals surface area contributed by atoms with Crippen LogP contribution in [0.25, 0.3) is 0 Å². The summed E-state index contributed by atoms with van der Waals surface area (Å²) < 4.78 is 4.84. The SMILES string of the molecule is CCCCCCC/C=C\CCCOC(C)=O. The van der Waals surface area contributed by atoms with Gasteiger partial charge in [-0.1, -0.05) is 44.8 Å². The van der Waals surface area contributed by atoms with Gasteiger partial charge in [0.15, 0.2) is 0 Å². The van der Waals surface area contributed by atoms with Crippen molar-refractivity contribution in [1.82, 2.24) is 0 Å². The fourth-order valence-corrected chi connectivity index (χ4v) is 1.52. The van der Waals surface area contributed by atoms with Crippen LogP contribution in [-0.2, 0) is 9.53 Å². The molecule has 0 aliphatic rings. The van der Waals surface area contributed by atoms with Crippen LogP contribution >= 0.6 is 0 Å². The van der Waals surface area contributed by atoms with Crippen LogP contribution in [0.15, 0.2) is 12.2 Å². The lowest BCUT2D eigenvalue weighted by atomic mass is 10.1. The fourth-order valence-electron chi connectivity index (χ4n) is 1.52. The molecule has 0 amide bonds. The highest BCUT2D eigenvalue weighted by Crippen LogP contribution is 2.05. The molecule has 16 heavy (non-hydrogen) atoms. The van der Waals surface area contributed by atoms with Crippen LogP contribution in [0.2, 0.25) is 0 Å². The molecule has 0 bridgehead atoms. The monoisotopic (exact) mass is 226 g/mol. The summed E-state index contributed by atoms with van der Waals surface area (Å²) >= 11 is 0. The van der Waals surface area contributed by atoms with Crippen LogP contribution in [0.5, 0.6) is 0 Å². The minimum Gasteiger partial charge on any atom is -0.466 e. The van der Waals surface area contributed by atoms with Crippen LogP contribution in [0.1, 0.15) is 65.2 Å². The number of unbranched alkanes of at least 4 members (excludes halogenated alkanes) is 6. The first-order valence-electron chi connectivity index (χ1n) is 6.55. The van der Waals surface area contributed by atoms with Gasteiger partial charge in [-0.25, -0.2) is 0 Å². The molecule has 0 saturated heterocycles. The molecule has 0 radical (unpaired) electrons. The van der Waals surface area contributed by atoms with Crippen molar-refractivity contribution < 1.29 is 9.53 Å². The second kappa shape index (κ2) is 12.3. The maximum absolute atomic E-state index is 10.5. The Kier molecular flexibility index (Phi) is 11.7. The van der Waals surface area contributed by atoms with Crippen molar-refractivity contribution >= 4 is 5.97 Å². The molecular formula is C14H26O2. The summed E-state index contributed by atoms with van der Waals surface area (Å²) in [5.74, 6) is -0.181. The van der Waals surface area contributed by atoms with Gasteiger partial charge in [0.25, 0.3) is 0 Å². The summed E-state index contributed by atoms with van der Waals surface area (Å²) in [6.45, 7) is 4.24. The van der Waals surface area contributed by atoms with Gasteiger partial charge in [0.2, 0.25) is 0 Å². The van der Waals surface area contributed by atoms with Gasteiger partial charge >= 0.3 is 5.97 Å². The van der Waals surface area contributed by atoms with Gasteiger partial charge in [-0.15, -0.1) is 0 Å². The molecule has 94 valence electrons. The molecule has 0 atom stereocenters. The zero-order valence-corrected chi connectivity index (χ0v) is 10.8. The van der Waals surface area contributed by atoms with Crippen molar-refractivity contribution in [3.63, 3.8) is 0 Å². The number of esters is 1. The molecule has 2 nitrogen and oxygen atoms in total. The zero-order valence-electron chi connectivity index (χ0n) is 10.8. The van der Waals surface area contributed by atoms with Crippen LogP contribution in [0.3, 0.4) is 0 Å². The third kappa shape index (κ3) is 13.2. The normalized spacial score (nSPS) is 10.9. The molecule has 0 heterocycles. The topological polar surface area (TPSA) is 26.3 Å². The third-order valence-electron chi connectivity index (χ3n) is 2.46. The largest absolute Gasteiger partial charge is 0.466 e. The zero-order chi connectivity index (χ0) is 12.1.